The summed E-state index contributed by atoms with van der Waals surface area (Å²) in [6.45, 7) is 1.92. The van der Waals surface area contributed by atoms with Crippen molar-refractivity contribution in [3.63, 3.8) is 0 Å². The monoisotopic (exact) mass is 205 g/mol. The Kier molecular flexibility index (Phi) is 2.32. The van der Waals surface area contributed by atoms with Crippen LogP contribution >= 0.6 is 0 Å². The van der Waals surface area contributed by atoms with E-state index >= 15 is 0 Å². The average Bonchev–Trinajstić information content (AvgIpc) is 2.84. The summed E-state index contributed by atoms with van der Waals surface area (Å²) in [6.07, 6.45) is 5.52. The normalized spacial score (nSPS) is 12.7. The van der Waals surface area contributed by atoms with E-state index in [4.69, 9.17) is 0 Å². The van der Waals surface area contributed by atoms with Gasteiger partial charge in [0, 0.05) is 7.05 Å². The quantitative estimate of drug-likeness (QED) is 0.682. The molecule has 0 fully saturated rings. The Bertz CT molecular complexity index is 472. The summed E-state index contributed by atoms with van der Waals surface area (Å²) in [4.78, 5) is 18.8. The highest BCUT2D eigenvalue weighted by Crippen LogP contribution is 2.14. The summed E-state index contributed by atoms with van der Waals surface area (Å²) >= 11 is 0. The molecular weight excluding hydrogens is 194 g/mol. The molecule has 1 atom stereocenters. The van der Waals surface area contributed by atoms with Crippen molar-refractivity contribution in [3.05, 3.63) is 30.4 Å². The molecule has 0 spiro atoms. The number of hydrogen-bond acceptors (Lipinski definition) is 4. The van der Waals surface area contributed by atoms with Crippen molar-refractivity contribution in [2.75, 3.05) is 0 Å². The number of aryl methyl sites for hydroxylation is 1. The van der Waals surface area contributed by atoms with Crippen molar-refractivity contribution in [1.82, 2.24) is 24.3 Å². The number of nitrogens with zero attached hydrogens (tertiary/aromatic N) is 5. The maximum atomic E-state index is 10.7. The zero-order chi connectivity index (χ0) is 10.8. The van der Waals surface area contributed by atoms with Crippen LogP contribution in [-0.2, 0) is 7.05 Å². The zero-order valence-corrected chi connectivity index (χ0v) is 8.53. The van der Waals surface area contributed by atoms with E-state index in [0.29, 0.717) is 11.5 Å². The van der Waals surface area contributed by atoms with Crippen LogP contribution in [0.2, 0.25) is 0 Å². The highest BCUT2D eigenvalue weighted by molar-refractivity contribution is 5.71. The first-order valence-electron chi connectivity index (χ1n) is 4.55. The predicted molar refractivity (Wildman–Crippen MR) is 52.4 cm³/mol. The first kappa shape index (κ1) is 9.57. The van der Waals surface area contributed by atoms with Gasteiger partial charge in [0.05, 0.1) is 18.6 Å². The molecule has 2 aromatic heterocycles. The minimum absolute atomic E-state index is 0.0890. The molecule has 6 nitrogen and oxygen atoms in total. The molecule has 2 rings (SSSR count). The SMILES string of the molecule is CC(c1ncn(C)n1)n1cncc1C=O. The maximum absolute atomic E-state index is 10.7. The van der Waals surface area contributed by atoms with Gasteiger partial charge < -0.3 is 4.57 Å². The van der Waals surface area contributed by atoms with E-state index in [1.807, 2.05) is 6.92 Å². The molecule has 0 aliphatic heterocycles. The van der Waals surface area contributed by atoms with Gasteiger partial charge in [0.15, 0.2) is 12.1 Å². The number of carbonyl (C=O) groups is 1. The van der Waals surface area contributed by atoms with Crippen LogP contribution in [0, 0.1) is 0 Å². The summed E-state index contributed by atoms with van der Waals surface area (Å²) in [5.41, 5.74) is 0.523. The van der Waals surface area contributed by atoms with Gasteiger partial charge in [-0.1, -0.05) is 0 Å². The summed E-state index contributed by atoms with van der Waals surface area (Å²) in [5, 5.41) is 4.18. The Morgan fingerprint density at radius 2 is 2.27 bits per heavy atom. The average molecular weight is 205 g/mol. The van der Waals surface area contributed by atoms with Gasteiger partial charge in [-0.3, -0.25) is 9.48 Å². The largest absolute Gasteiger partial charge is 0.318 e. The van der Waals surface area contributed by atoms with Crippen molar-refractivity contribution >= 4 is 6.29 Å². The molecule has 0 aliphatic carbocycles. The van der Waals surface area contributed by atoms with Gasteiger partial charge in [0.1, 0.15) is 12.0 Å². The van der Waals surface area contributed by atoms with E-state index in [0.717, 1.165) is 6.29 Å². The molecule has 0 bridgehead atoms. The Balaban J connectivity index is 2.35. The molecule has 0 saturated carbocycles. The predicted octanol–water partition coefficient (Wildman–Crippen LogP) is 0.433. The van der Waals surface area contributed by atoms with Gasteiger partial charge in [-0.25, -0.2) is 9.97 Å². The Morgan fingerprint density at radius 1 is 1.47 bits per heavy atom. The smallest absolute Gasteiger partial charge is 0.173 e. The molecule has 0 radical (unpaired) electrons. The Hall–Kier alpha value is -1.98. The Labute approximate surface area is 86.6 Å². The first-order chi connectivity index (χ1) is 7.22. The van der Waals surface area contributed by atoms with E-state index in [1.165, 1.54) is 6.20 Å². The van der Waals surface area contributed by atoms with Crippen LogP contribution in [0.15, 0.2) is 18.9 Å². The van der Waals surface area contributed by atoms with Crippen molar-refractivity contribution < 1.29 is 4.79 Å². The topological polar surface area (TPSA) is 65.6 Å². The number of aromatic nitrogens is 5. The summed E-state index contributed by atoms with van der Waals surface area (Å²) < 4.78 is 3.37. The van der Waals surface area contributed by atoms with Gasteiger partial charge in [-0.2, -0.15) is 5.10 Å². The van der Waals surface area contributed by atoms with Crippen molar-refractivity contribution in [2.24, 2.45) is 7.05 Å². The third-order valence-corrected chi connectivity index (χ3v) is 2.22. The number of rotatable bonds is 3. The van der Waals surface area contributed by atoms with Crippen molar-refractivity contribution in [2.45, 2.75) is 13.0 Å². The summed E-state index contributed by atoms with van der Waals surface area (Å²) in [6, 6.07) is -0.0890. The van der Waals surface area contributed by atoms with E-state index in [2.05, 4.69) is 15.1 Å². The molecule has 6 heteroatoms. The lowest BCUT2D eigenvalue weighted by atomic mass is 10.3. The van der Waals surface area contributed by atoms with Gasteiger partial charge in [-0.15, -0.1) is 0 Å². The third-order valence-electron chi connectivity index (χ3n) is 2.22. The van der Waals surface area contributed by atoms with Crippen molar-refractivity contribution in [1.29, 1.82) is 0 Å². The minimum atomic E-state index is -0.0890. The van der Waals surface area contributed by atoms with Crippen LogP contribution in [0.25, 0.3) is 0 Å². The maximum Gasteiger partial charge on any atom is 0.173 e. The number of carbonyl (C=O) groups excluding carboxylic acids is 1. The highest BCUT2D eigenvalue weighted by Gasteiger charge is 2.14. The molecule has 2 aromatic rings. The molecule has 1 unspecified atom stereocenters. The molecule has 0 N–H and O–H groups in total. The van der Waals surface area contributed by atoms with E-state index < -0.39 is 0 Å². The van der Waals surface area contributed by atoms with Crippen LogP contribution in [-0.4, -0.2) is 30.6 Å². The molecule has 78 valence electrons. The molecule has 0 aromatic carbocycles. The van der Waals surface area contributed by atoms with Crippen LogP contribution < -0.4 is 0 Å². The number of imidazole rings is 1. The highest BCUT2D eigenvalue weighted by atomic mass is 16.1. The fourth-order valence-electron chi connectivity index (χ4n) is 1.40. The third kappa shape index (κ3) is 1.65. The van der Waals surface area contributed by atoms with Crippen LogP contribution in [0.4, 0.5) is 0 Å². The number of hydrogen-bond donors (Lipinski definition) is 0. The van der Waals surface area contributed by atoms with Gasteiger partial charge >= 0.3 is 0 Å². The fourth-order valence-corrected chi connectivity index (χ4v) is 1.40. The lowest BCUT2D eigenvalue weighted by Gasteiger charge is -2.10. The van der Waals surface area contributed by atoms with E-state index in [1.54, 1.807) is 29.0 Å². The lowest BCUT2D eigenvalue weighted by molar-refractivity contribution is 0.111. The lowest BCUT2D eigenvalue weighted by Crippen LogP contribution is -2.10. The molecular formula is C9H11N5O. The molecule has 2 heterocycles. The Morgan fingerprint density at radius 3 is 2.87 bits per heavy atom. The van der Waals surface area contributed by atoms with Gasteiger partial charge in [0.2, 0.25) is 0 Å². The van der Waals surface area contributed by atoms with E-state index in [-0.39, 0.29) is 6.04 Å². The minimum Gasteiger partial charge on any atom is -0.318 e. The zero-order valence-electron chi connectivity index (χ0n) is 8.53. The fraction of sp³-hybridized carbons (Fsp3) is 0.333. The molecule has 0 amide bonds. The van der Waals surface area contributed by atoms with Crippen LogP contribution in [0.3, 0.4) is 0 Å². The molecule has 15 heavy (non-hydrogen) atoms. The molecule has 0 saturated heterocycles. The number of aldehydes is 1. The second-order valence-corrected chi connectivity index (χ2v) is 3.30. The second-order valence-electron chi connectivity index (χ2n) is 3.30. The van der Waals surface area contributed by atoms with Gasteiger partial charge in [-0.05, 0) is 6.92 Å². The van der Waals surface area contributed by atoms with E-state index in [9.17, 15) is 4.79 Å². The summed E-state index contributed by atoms with van der Waals surface area (Å²) in [7, 11) is 1.80. The molecule has 0 aliphatic rings. The van der Waals surface area contributed by atoms with Crippen molar-refractivity contribution in [3.8, 4) is 0 Å². The van der Waals surface area contributed by atoms with Gasteiger partial charge in [0.25, 0.3) is 0 Å². The summed E-state index contributed by atoms with van der Waals surface area (Å²) in [5.74, 6) is 0.665. The van der Waals surface area contributed by atoms with Crippen LogP contribution in [0.5, 0.6) is 0 Å². The van der Waals surface area contributed by atoms with Crippen LogP contribution in [0.1, 0.15) is 29.3 Å². The first-order valence-corrected chi connectivity index (χ1v) is 4.55. The second kappa shape index (κ2) is 3.64. The standard InChI is InChI=1S/C9H11N5O/c1-7(9-11-6-13(2)12-9)14-5-10-3-8(14)4-15/h3-7H,1-2H3.